The highest BCUT2D eigenvalue weighted by Crippen LogP contribution is 2.50. The van der Waals surface area contributed by atoms with Crippen LogP contribution < -0.4 is 14.2 Å². The molecule has 0 saturated carbocycles. The van der Waals surface area contributed by atoms with Crippen LogP contribution in [-0.4, -0.2) is 33.5 Å². The molecule has 1 aromatic carbocycles. The minimum absolute atomic E-state index is 0.00620. The molecule has 4 nitrogen and oxygen atoms in total. The van der Waals surface area contributed by atoms with Crippen LogP contribution in [0.1, 0.15) is 30.2 Å². The van der Waals surface area contributed by atoms with Crippen LogP contribution >= 0.6 is 15.9 Å². The molecule has 0 amide bonds. The molecule has 2 rings (SSSR count). The van der Waals surface area contributed by atoms with Crippen molar-refractivity contribution in [3.63, 3.8) is 0 Å². The molecule has 0 radical (unpaired) electrons. The number of methoxy groups -OCH3 is 3. The average molecular weight is 345 g/mol. The predicted octanol–water partition coefficient (Wildman–Crippen LogP) is 3.72. The molecule has 1 aliphatic rings. The monoisotopic (exact) mass is 344 g/mol. The molecule has 1 aromatic rings. The van der Waals surface area contributed by atoms with Crippen molar-refractivity contribution in [2.45, 2.75) is 30.2 Å². The summed E-state index contributed by atoms with van der Waals surface area (Å²) in [6, 6.07) is 3.73. The third-order valence-electron chi connectivity index (χ3n) is 3.79. The van der Waals surface area contributed by atoms with E-state index in [0.29, 0.717) is 5.75 Å². The number of ether oxygens (including phenoxy) is 4. The minimum atomic E-state index is -0.255. The first kappa shape index (κ1) is 15.4. The fourth-order valence-electron chi connectivity index (χ4n) is 2.59. The zero-order valence-corrected chi connectivity index (χ0v) is 14.0. The predicted molar refractivity (Wildman–Crippen MR) is 81.4 cm³/mol. The number of alkyl halides is 1. The molecule has 1 heterocycles. The lowest BCUT2D eigenvalue weighted by atomic mass is 9.92. The van der Waals surface area contributed by atoms with Gasteiger partial charge in [0.25, 0.3) is 0 Å². The standard InChI is InChI=1S/C15H21BrO4/c1-15(6-5-7-20-15)14(16)13-11(18-3)8-10(17-2)9-12(13)19-4/h8-9,14H,5-7H2,1-4H3. The third-order valence-corrected chi connectivity index (χ3v) is 5.22. The average Bonchev–Trinajstić information content (AvgIpc) is 2.92. The van der Waals surface area contributed by atoms with Crippen molar-refractivity contribution in [3.05, 3.63) is 17.7 Å². The van der Waals surface area contributed by atoms with Gasteiger partial charge in [-0.2, -0.15) is 0 Å². The van der Waals surface area contributed by atoms with Crippen molar-refractivity contribution in [2.24, 2.45) is 0 Å². The summed E-state index contributed by atoms with van der Waals surface area (Å²) >= 11 is 3.77. The van der Waals surface area contributed by atoms with Gasteiger partial charge in [-0.05, 0) is 19.8 Å². The molecule has 0 bridgehead atoms. The first-order chi connectivity index (χ1) is 9.55. The van der Waals surface area contributed by atoms with Gasteiger partial charge in [-0.15, -0.1) is 0 Å². The summed E-state index contributed by atoms with van der Waals surface area (Å²) in [6.07, 6.45) is 2.07. The number of hydrogen-bond acceptors (Lipinski definition) is 4. The molecule has 112 valence electrons. The SMILES string of the molecule is COc1cc(OC)c(C(Br)C2(C)CCCO2)c(OC)c1. The molecular formula is C15H21BrO4. The van der Waals surface area contributed by atoms with Gasteiger partial charge in [0.1, 0.15) is 17.2 Å². The van der Waals surface area contributed by atoms with E-state index in [1.807, 2.05) is 12.1 Å². The van der Waals surface area contributed by atoms with E-state index in [1.165, 1.54) is 0 Å². The van der Waals surface area contributed by atoms with Crippen LogP contribution in [0.5, 0.6) is 17.2 Å². The lowest BCUT2D eigenvalue weighted by Crippen LogP contribution is -2.29. The highest BCUT2D eigenvalue weighted by molar-refractivity contribution is 9.09. The maximum atomic E-state index is 5.92. The van der Waals surface area contributed by atoms with E-state index in [1.54, 1.807) is 21.3 Å². The summed E-state index contributed by atoms with van der Waals surface area (Å²) in [5, 5.41) is 0. The molecule has 2 unspecified atom stereocenters. The zero-order valence-electron chi connectivity index (χ0n) is 12.4. The van der Waals surface area contributed by atoms with Crippen LogP contribution in [0.25, 0.3) is 0 Å². The van der Waals surface area contributed by atoms with Crippen LogP contribution in [0.3, 0.4) is 0 Å². The van der Waals surface area contributed by atoms with E-state index >= 15 is 0 Å². The highest BCUT2D eigenvalue weighted by atomic mass is 79.9. The summed E-state index contributed by atoms with van der Waals surface area (Å²) in [6.45, 7) is 2.90. The Morgan fingerprint density at radius 3 is 2.15 bits per heavy atom. The Labute approximate surface area is 128 Å². The normalized spacial score (nSPS) is 23.4. The number of rotatable bonds is 5. The Bertz CT molecular complexity index is 444. The molecule has 0 aromatic heterocycles. The largest absolute Gasteiger partial charge is 0.496 e. The molecule has 0 spiro atoms. The van der Waals surface area contributed by atoms with Gasteiger partial charge in [0.15, 0.2) is 0 Å². The summed E-state index contributed by atoms with van der Waals surface area (Å²) < 4.78 is 22.2. The second-order valence-electron chi connectivity index (χ2n) is 5.07. The summed E-state index contributed by atoms with van der Waals surface area (Å²) in [4.78, 5) is -0.00620. The van der Waals surface area contributed by atoms with Gasteiger partial charge in [-0.1, -0.05) is 15.9 Å². The van der Waals surface area contributed by atoms with Gasteiger partial charge in [0.2, 0.25) is 0 Å². The van der Waals surface area contributed by atoms with Crippen molar-refractivity contribution in [1.82, 2.24) is 0 Å². The summed E-state index contributed by atoms with van der Waals surface area (Å²) in [5.41, 5.74) is 0.704. The molecule has 1 saturated heterocycles. The third kappa shape index (κ3) is 2.74. The fourth-order valence-corrected chi connectivity index (χ4v) is 3.40. The van der Waals surface area contributed by atoms with E-state index in [-0.39, 0.29) is 10.4 Å². The van der Waals surface area contributed by atoms with Gasteiger partial charge < -0.3 is 18.9 Å². The Morgan fingerprint density at radius 1 is 1.15 bits per heavy atom. The Balaban J connectivity index is 2.48. The van der Waals surface area contributed by atoms with Gasteiger partial charge in [-0.3, -0.25) is 0 Å². The van der Waals surface area contributed by atoms with Crippen LogP contribution in [0.4, 0.5) is 0 Å². The lowest BCUT2D eigenvalue weighted by Gasteiger charge is -2.31. The maximum Gasteiger partial charge on any atom is 0.130 e. The lowest BCUT2D eigenvalue weighted by molar-refractivity contribution is 0.0189. The molecule has 1 fully saturated rings. The Morgan fingerprint density at radius 2 is 1.75 bits per heavy atom. The van der Waals surface area contributed by atoms with E-state index in [4.69, 9.17) is 18.9 Å². The topological polar surface area (TPSA) is 36.9 Å². The van der Waals surface area contributed by atoms with E-state index in [9.17, 15) is 0 Å². The van der Waals surface area contributed by atoms with Crippen LogP contribution in [0.2, 0.25) is 0 Å². The number of benzene rings is 1. The first-order valence-corrected chi connectivity index (χ1v) is 7.55. The summed E-state index contributed by atoms with van der Waals surface area (Å²) in [7, 11) is 4.92. The molecule has 0 N–H and O–H groups in total. The van der Waals surface area contributed by atoms with E-state index < -0.39 is 0 Å². The van der Waals surface area contributed by atoms with Crippen molar-refractivity contribution in [3.8, 4) is 17.2 Å². The van der Waals surface area contributed by atoms with Crippen molar-refractivity contribution < 1.29 is 18.9 Å². The molecular weight excluding hydrogens is 324 g/mol. The zero-order chi connectivity index (χ0) is 14.8. The molecule has 5 heteroatoms. The van der Waals surface area contributed by atoms with Crippen molar-refractivity contribution in [1.29, 1.82) is 0 Å². The molecule has 20 heavy (non-hydrogen) atoms. The van der Waals surface area contributed by atoms with Gasteiger partial charge in [0, 0.05) is 18.7 Å². The van der Waals surface area contributed by atoms with Crippen LogP contribution in [0.15, 0.2) is 12.1 Å². The molecule has 0 aliphatic carbocycles. The minimum Gasteiger partial charge on any atom is -0.496 e. The van der Waals surface area contributed by atoms with Crippen molar-refractivity contribution in [2.75, 3.05) is 27.9 Å². The van der Waals surface area contributed by atoms with Crippen LogP contribution in [-0.2, 0) is 4.74 Å². The second kappa shape index (κ2) is 6.22. The Hall–Kier alpha value is -0.940. The summed E-state index contributed by atoms with van der Waals surface area (Å²) in [5.74, 6) is 2.18. The van der Waals surface area contributed by atoms with E-state index in [2.05, 4.69) is 22.9 Å². The highest BCUT2D eigenvalue weighted by Gasteiger charge is 2.40. The molecule has 1 aliphatic heterocycles. The van der Waals surface area contributed by atoms with Crippen molar-refractivity contribution >= 4 is 15.9 Å². The molecule has 2 atom stereocenters. The number of halogens is 1. The first-order valence-electron chi connectivity index (χ1n) is 6.63. The fraction of sp³-hybridized carbons (Fsp3) is 0.600. The van der Waals surface area contributed by atoms with Gasteiger partial charge >= 0.3 is 0 Å². The van der Waals surface area contributed by atoms with E-state index in [0.717, 1.165) is 36.5 Å². The Kier molecular flexibility index (Phi) is 4.81. The van der Waals surface area contributed by atoms with Crippen LogP contribution in [0, 0.1) is 0 Å². The maximum absolute atomic E-state index is 5.92. The quantitative estimate of drug-likeness (QED) is 0.763. The van der Waals surface area contributed by atoms with Gasteiger partial charge in [-0.25, -0.2) is 0 Å². The van der Waals surface area contributed by atoms with Gasteiger partial charge in [0.05, 0.1) is 37.3 Å². The smallest absolute Gasteiger partial charge is 0.130 e. The number of hydrogen-bond donors (Lipinski definition) is 0. The second-order valence-corrected chi connectivity index (χ2v) is 5.99.